The Labute approximate surface area is 126 Å². The average Bonchev–Trinajstić information content (AvgIpc) is 2.39. The van der Waals surface area contributed by atoms with Crippen molar-refractivity contribution in [3.63, 3.8) is 0 Å². The maximum Gasteiger partial charge on any atom is 0.270 e. The van der Waals surface area contributed by atoms with E-state index in [0.29, 0.717) is 13.1 Å². The van der Waals surface area contributed by atoms with Crippen molar-refractivity contribution in [1.82, 2.24) is 4.90 Å². The van der Waals surface area contributed by atoms with Crippen LogP contribution in [0, 0.1) is 22.9 Å². The molecule has 1 fully saturated rings. The second-order valence-electron chi connectivity index (χ2n) is 5.35. The summed E-state index contributed by atoms with van der Waals surface area (Å²) in [6.07, 6.45) is 0. The molecule has 1 heterocycles. The van der Waals surface area contributed by atoms with Crippen LogP contribution < -0.4 is 0 Å². The predicted molar refractivity (Wildman–Crippen MR) is 80.2 cm³/mol. The van der Waals surface area contributed by atoms with Gasteiger partial charge in [-0.3, -0.25) is 14.9 Å². The van der Waals surface area contributed by atoms with Gasteiger partial charge >= 0.3 is 0 Å². The first-order valence-electron chi connectivity index (χ1n) is 6.69. The molecule has 5 nitrogen and oxygen atoms in total. The Morgan fingerprint density at radius 1 is 1.38 bits per heavy atom. The van der Waals surface area contributed by atoms with Crippen molar-refractivity contribution in [2.24, 2.45) is 0 Å². The van der Waals surface area contributed by atoms with Crippen LogP contribution in [0.3, 0.4) is 0 Å². The SMILES string of the molecule is Cc1cc([N+](=O)[O-])cc(C(=O)N2CC(C)SC(C)C2)c1F. The largest absolute Gasteiger partial charge is 0.336 e. The summed E-state index contributed by atoms with van der Waals surface area (Å²) in [4.78, 5) is 24.3. The Kier molecular flexibility index (Phi) is 4.51. The molecular formula is C14H17FN2O3S. The van der Waals surface area contributed by atoms with E-state index in [0.717, 1.165) is 12.1 Å². The predicted octanol–water partition coefficient (Wildman–Crippen LogP) is 3.01. The minimum absolute atomic E-state index is 0.111. The second-order valence-corrected chi connectivity index (χ2v) is 7.23. The van der Waals surface area contributed by atoms with Crippen LogP contribution in [0.2, 0.25) is 0 Å². The zero-order chi connectivity index (χ0) is 15.7. The molecule has 1 aromatic carbocycles. The molecule has 21 heavy (non-hydrogen) atoms. The highest BCUT2D eigenvalue weighted by Gasteiger charge is 2.29. The molecule has 0 spiro atoms. The van der Waals surface area contributed by atoms with Gasteiger partial charge in [-0.1, -0.05) is 13.8 Å². The Bertz CT molecular complexity index is 584. The van der Waals surface area contributed by atoms with Gasteiger partial charge in [-0.05, 0) is 12.5 Å². The molecule has 1 aliphatic rings. The molecule has 1 saturated heterocycles. The topological polar surface area (TPSA) is 63.5 Å². The number of benzene rings is 1. The lowest BCUT2D eigenvalue weighted by Crippen LogP contribution is -2.44. The van der Waals surface area contributed by atoms with E-state index in [-0.39, 0.29) is 27.3 Å². The van der Waals surface area contributed by atoms with Gasteiger partial charge in [0.2, 0.25) is 0 Å². The van der Waals surface area contributed by atoms with Crippen LogP contribution >= 0.6 is 11.8 Å². The molecule has 114 valence electrons. The van der Waals surface area contributed by atoms with Gasteiger partial charge < -0.3 is 4.90 Å². The Balaban J connectivity index is 2.36. The first-order valence-corrected chi connectivity index (χ1v) is 7.63. The van der Waals surface area contributed by atoms with Gasteiger partial charge in [0, 0.05) is 35.7 Å². The van der Waals surface area contributed by atoms with E-state index in [1.54, 1.807) is 16.7 Å². The number of rotatable bonds is 2. The Morgan fingerprint density at radius 2 is 1.95 bits per heavy atom. The van der Waals surface area contributed by atoms with E-state index in [9.17, 15) is 19.3 Å². The summed E-state index contributed by atoms with van der Waals surface area (Å²) < 4.78 is 14.2. The summed E-state index contributed by atoms with van der Waals surface area (Å²) in [6, 6.07) is 2.17. The number of thioether (sulfide) groups is 1. The van der Waals surface area contributed by atoms with Gasteiger partial charge in [0.05, 0.1) is 10.5 Å². The number of nitrogens with zero attached hydrogens (tertiary/aromatic N) is 2. The lowest BCUT2D eigenvalue weighted by atomic mass is 10.1. The van der Waals surface area contributed by atoms with Crippen LogP contribution in [-0.2, 0) is 0 Å². The number of halogens is 1. The first-order chi connectivity index (χ1) is 9.79. The maximum atomic E-state index is 14.2. The molecule has 0 aliphatic carbocycles. The third-order valence-corrected chi connectivity index (χ3v) is 4.61. The summed E-state index contributed by atoms with van der Waals surface area (Å²) in [6.45, 7) is 6.49. The van der Waals surface area contributed by atoms with E-state index in [1.165, 1.54) is 6.92 Å². The van der Waals surface area contributed by atoms with Crippen molar-refractivity contribution in [3.05, 3.63) is 39.2 Å². The second kappa shape index (κ2) is 6.01. The molecule has 0 aromatic heterocycles. The van der Waals surface area contributed by atoms with Crippen LogP contribution in [0.25, 0.3) is 0 Å². The molecule has 0 radical (unpaired) electrons. The van der Waals surface area contributed by atoms with Gasteiger partial charge in [0.1, 0.15) is 5.82 Å². The summed E-state index contributed by atoms with van der Waals surface area (Å²) in [5, 5.41) is 11.4. The molecule has 7 heteroatoms. The zero-order valence-electron chi connectivity index (χ0n) is 12.1. The average molecular weight is 312 g/mol. The highest BCUT2D eigenvalue weighted by molar-refractivity contribution is 8.00. The molecule has 1 amide bonds. The molecule has 2 atom stereocenters. The fourth-order valence-corrected chi connectivity index (χ4v) is 3.85. The van der Waals surface area contributed by atoms with Gasteiger partial charge in [-0.2, -0.15) is 11.8 Å². The summed E-state index contributed by atoms with van der Waals surface area (Å²) in [7, 11) is 0. The number of nitro benzene ring substituents is 1. The monoisotopic (exact) mass is 312 g/mol. The van der Waals surface area contributed by atoms with Gasteiger partial charge in [-0.15, -0.1) is 0 Å². The van der Waals surface area contributed by atoms with Crippen molar-refractivity contribution in [2.75, 3.05) is 13.1 Å². The van der Waals surface area contributed by atoms with Crippen LogP contribution in [0.1, 0.15) is 29.8 Å². The van der Waals surface area contributed by atoms with Crippen LogP contribution in [-0.4, -0.2) is 39.3 Å². The summed E-state index contributed by atoms with van der Waals surface area (Å²) in [5.74, 6) is -1.15. The van der Waals surface area contributed by atoms with Gasteiger partial charge in [0.15, 0.2) is 0 Å². The molecule has 1 aromatic rings. The molecule has 0 N–H and O–H groups in total. The number of carbonyl (C=O) groups is 1. The first kappa shape index (κ1) is 15.8. The number of aryl methyl sites for hydroxylation is 1. The zero-order valence-corrected chi connectivity index (χ0v) is 12.9. The van der Waals surface area contributed by atoms with Crippen LogP contribution in [0.5, 0.6) is 0 Å². The van der Waals surface area contributed by atoms with E-state index in [1.807, 2.05) is 13.8 Å². The standard InChI is InChI=1S/C14H17FN2O3S/c1-8-4-11(17(19)20)5-12(13(8)15)14(18)16-6-9(2)21-10(3)7-16/h4-5,9-10H,6-7H2,1-3H3. The molecule has 2 unspecified atom stereocenters. The number of amides is 1. The third kappa shape index (κ3) is 3.34. The molecule has 1 aliphatic heterocycles. The normalized spacial score (nSPS) is 22.2. The number of non-ortho nitro benzene ring substituents is 1. The number of carbonyl (C=O) groups excluding carboxylic acids is 1. The van der Waals surface area contributed by atoms with Crippen molar-refractivity contribution >= 4 is 23.4 Å². The highest BCUT2D eigenvalue weighted by atomic mass is 32.2. The summed E-state index contributed by atoms with van der Waals surface area (Å²) >= 11 is 1.78. The van der Waals surface area contributed by atoms with Crippen molar-refractivity contribution in [3.8, 4) is 0 Å². The third-order valence-electron chi connectivity index (χ3n) is 3.39. The van der Waals surface area contributed by atoms with Crippen LogP contribution in [0.4, 0.5) is 10.1 Å². The number of hydrogen-bond acceptors (Lipinski definition) is 4. The minimum atomic E-state index is -0.677. The van der Waals surface area contributed by atoms with Crippen LogP contribution in [0.15, 0.2) is 12.1 Å². The van der Waals surface area contributed by atoms with E-state index in [2.05, 4.69) is 0 Å². The smallest absolute Gasteiger partial charge is 0.270 e. The van der Waals surface area contributed by atoms with Crippen molar-refractivity contribution in [2.45, 2.75) is 31.3 Å². The minimum Gasteiger partial charge on any atom is -0.336 e. The van der Waals surface area contributed by atoms with E-state index in [4.69, 9.17) is 0 Å². The Hall–Kier alpha value is -1.63. The molecule has 2 rings (SSSR count). The quantitative estimate of drug-likeness (QED) is 0.622. The number of hydrogen-bond donors (Lipinski definition) is 0. The lowest BCUT2D eigenvalue weighted by Gasteiger charge is -2.34. The van der Waals surface area contributed by atoms with Gasteiger partial charge in [0.25, 0.3) is 11.6 Å². The fraction of sp³-hybridized carbons (Fsp3) is 0.500. The maximum absolute atomic E-state index is 14.2. The van der Waals surface area contributed by atoms with E-state index >= 15 is 0 Å². The van der Waals surface area contributed by atoms with Gasteiger partial charge in [-0.25, -0.2) is 4.39 Å². The van der Waals surface area contributed by atoms with Crippen molar-refractivity contribution in [1.29, 1.82) is 0 Å². The lowest BCUT2D eigenvalue weighted by molar-refractivity contribution is -0.385. The Morgan fingerprint density at radius 3 is 2.48 bits per heavy atom. The molecule has 0 bridgehead atoms. The molecule has 0 saturated carbocycles. The fourth-order valence-electron chi connectivity index (χ4n) is 2.53. The van der Waals surface area contributed by atoms with E-state index < -0.39 is 16.6 Å². The number of nitro groups is 1. The summed E-state index contributed by atoms with van der Waals surface area (Å²) in [5.41, 5.74) is -0.363. The molecular weight excluding hydrogens is 295 g/mol. The highest BCUT2D eigenvalue weighted by Crippen LogP contribution is 2.28. The van der Waals surface area contributed by atoms with Crippen molar-refractivity contribution < 1.29 is 14.1 Å².